The first-order valence-corrected chi connectivity index (χ1v) is 9.20. The molecule has 2 aromatic heterocycles. The zero-order chi connectivity index (χ0) is 19.9. The van der Waals surface area contributed by atoms with Crippen molar-refractivity contribution in [2.75, 3.05) is 19.0 Å². The molecule has 27 heavy (non-hydrogen) atoms. The first-order chi connectivity index (χ1) is 12.7. The molecule has 0 aliphatic heterocycles. The van der Waals surface area contributed by atoms with Gasteiger partial charge in [-0.25, -0.2) is 9.98 Å². The SMILES string of the molecule is C=c1[nH]n2c(=O)c(C(C)C)c(C(C)C)nc2c1=Nc1ccc(N(C)C)cc1. The largest absolute Gasteiger partial charge is 0.378 e. The Morgan fingerprint density at radius 3 is 2.26 bits per heavy atom. The van der Waals surface area contributed by atoms with Gasteiger partial charge in [-0.3, -0.25) is 9.89 Å². The van der Waals surface area contributed by atoms with Gasteiger partial charge in [0, 0.05) is 25.3 Å². The smallest absolute Gasteiger partial charge is 0.276 e. The number of H-pyrrole nitrogens is 1. The lowest BCUT2D eigenvalue weighted by molar-refractivity contribution is 0.720. The standard InChI is InChI=1S/C21H27N5O/c1-12(2)17-18(13(3)4)23-20-19(14(5)24-26(20)21(17)27)22-15-8-10-16(11-9-15)25(6)7/h8-13,24H,5H2,1-4,6-7H3. The normalized spacial score (nSPS) is 12.5. The second kappa shape index (κ2) is 7.02. The molecular weight excluding hydrogens is 338 g/mol. The Bertz CT molecular complexity index is 1130. The van der Waals surface area contributed by atoms with Crippen LogP contribution in [0.4, 0.5) is 11.4 Å². The van der Waals surface area contributed by atoms with Crippen LogP contribution in [0.3, 0.4) is 0 Å². The third-order valence-electron chi connectivity index (χ3n) is 4.62. The highest BCUT2D eigenvalue weighted by atomic mass is 16.1. The molecule has 0 saturated carbocycles. The van der Waals surface area contributed by atoms with Gasteiger partial charge in [0.15, 0.2) is 5.65 Å². The van der Waals surface area contributed by atoms with Crippen molar-refractivity contribution in [3.8, 4) is 0 Å². The van der Waals surface area contributed by atoms with Crippen LogP contribution in [0.2, 0.25) is 0 Å². The number of hydrogen-bond donors (Lipinski definition) is 1. The van der Waals surface area contributed by atoms with Crippen LogP contribution in [-0.4, -0.2) is 28.7 Å². The fourth-order valence-corrected chi connectivity index (χ4v) is 3.19. The van der Waals surface area contributed by atoms with Crippen LogP contribution in [0.25, 0.3) is 12.2 Å². The minimum absolute atomic E-state index is 0.0759. The van der Waals surface area contributed by atoms with E-state index in [0.717, 1.165) is 22.6 Å². The first kappa shape index (κ1) is 18.9. The minimum Gasteiger partial charge on any atom is -0.378 e. The molecule has 3 rings (SSSR count). The number of nitrogens with one attached hydrogen (secondary N) is 1. The average molecular weight is 365 g/mol. The number of anilines is 1. The van der Waals surface area contributed by atoms with E-state index in [-0.39, 0.29) is 17.4 Å². The molecule has 0 amide bonds. The molecular formula is C21H27N5O. The number of nitrogens with zero attached hydrogens (tertiary/aromatic N) is 4. The lowest BCUT2D eigenvalue weighted by Gasteiger charge is -2.14. The van der Waals surface area contributed by atoms with Crippen molar-refractivity contribution < 1.29 is 0 Å². The summed E-state index contributed by atoms with van der Waals surface area (Å²) in [6.45, 7) is 12.2. The lowest BCUT2D eigenvalue weighted by atomic mass is 9.96. The van der Waals surface area contributed by atoms with E-state index in [1.54, 1.807) is 0 Å². The molecule has 2 heterocycles. The van der Waals surface area contributed by atoms with Gasteiger partial charge < -0.3 is 4.90 Å². The van der Waals surface area contributed by atoms with Gasteiger partial charge in [0.2, 0.25) is 0 Å². The molecule has 0 bridgehead atoms. The maximum atomic E-state index is 13.0. The van der Waals surface area contributed by atoms with E-state index >= 15 is 0 Å². The number of hydrogen-bond acceptors (Lipinski definition) is 4. The van der Waals surface area contributed by atoms with Gasteiger partial charge in [-0.05, 0) is 36.1 Å². The third-order valence-corrected chi connectivity index (χ3v) is 4.62. The monoisotopic (exact) mass is 365 g/mol. The molecule has 0 saturated heterocycles. The van der Waals surface area contributed by atoms with Crippen molar-refractivity contribution in [3.63, 3.8) is 0 Å². The maximum Gasteiger partial charge on any atom is 0.276 e. The van der Waals surface area contributed by atoms with Gasteiger partial charge in [-0.15, -0.1) is 0 Å². The van der Waals surface area contributed by atoms with E-state index in [1.807, 2.05) is 57.1 Å². The molecule has 1 aromatic carbocycles. The molecule has 0 spiro atoms. The van der Waals surface area contributed by atoms with Crippen LogP contribution < -0.4 is 21.2 Å². The molecule has 0 atom stereocenters. The fourth-order valence-electron chi connectivity index (χ4n) is 3.19. The summed E-state index contributed by atoms with van der Waals surface area (Å²) in [5.74, 6) is 0.241. The summed E-state index contributed by atoms with van der Waals surface area (Å²) in [4.78, 5) is 24.6. The Balaban J connectivity index is 2.30. The quantitative estimate of drug-likeness (QED) is 0.773. The van der Waals surface area contributed by atoms with Crippen molar-refractivity contribution in [1.29, 1.82) is 0 Å². The van der Waals surface area contributed by atoms with Crippen LogP contribution in [0.1, 0.15) is 50.8 Å². The summed E-state index contributed by atoms with van der Waals surface area (Å²) >= 11 is 0. The molecule has 3 aromatic rings. The van der Waals surface area contributed by atoms with Crippen molar-refractivity contribution in [3.05, 3.63) is 56.6 Å². The lowest BCUT2D eigenvalue weighted by Crippen LogP contribution is -2.25. The molecule has 0 aliphatic carbocycles. The van der Waals surface area contributed by atoms with Crippen molar-refractivity contribution in [2.24, 2.45) is 4.99 Å². The molecule has 1 N–H and O–H groups in total. The van der Waals surface area contributed by atoms with E-state index in [1.165, 1.54) is 4.52 Å². The first-order valence-electron chi connectivity index (χ1n) is 9.20. The Morgan fingerprint density at radius 1 is 1.11 bits per heavy atom. The van der Waals surface area contributed by atoms with Crippen molar-refractivity contribution in [2.45, 2.75) is 39.5 Å². The topological polar surface area (TPSA) is 65.8 Å². The summed E-state index contributed by atoms with van der Waals surface area (Å²) in [6.07, 6.45) is 0. The van der Waals surface area contributed by atoms with Gasteiger partial charge in [0.05, 0.1) is 16.7 Å². The molecule has 142 valence electrons. The minimum atomic E-state index is -0.0759. The predicted molar refractivity (Wildman–Crippen MR) is 111 cm³/mol. The Labute approximate surface area is 158 Å². The summed E-state index contributed by atoms with van der Waals surface area (Å²) in [6, 6.07) is 7.91. The van der Waals surface area contributed by atoms with Crippen molar-refractivity contribution >= 4 is 23.6 Å². The number of aromatic nitrogens is 3. The van der Waals surface area contributed by atoms with Crippen LogP contribution in [0, 0.1) is 0 Å². The average Bonchev–Trinajstić information content (AvgIpc) is 2.91. The highest BCUT2D eigenvalue weighted by Gasteiger charge is 2.19. The molecule has 0 unspecified atom stereocenters. The van der Waals surface area contributed by atoms with Gasteiger partial charge in [0.25, 0.3) is 5.56 Å². The van der Waals surface area contributed by atoms with E-state index in [2.05, 4.69) is 25.5 Å². The van der Waals surface area contributed by atoms with Crippen LogP contribution in [0.5, 0.6) is 0 Å². The van der Waals surface area contributed by atoms with Crippen LogP contribution in [-0.2, 0) is 0 Å². The van der Waals surface area contributed by atoms with Crippen LogP contribution >= 0.6 is 0 Å². The summed E-state index contributed by atoms with van der Waals surface area (Å²) < 4.78 is 1.47. The predicted octanol–water partition coefficient (Wildman–Crippen LogP) is 2.70. The Kier molecular flexibility index (Phi) is 4.91. The zero-order valence-corrected chi connectivity index (χ0v) is 16.9. The fraction of sp³-hybridized carbons (Fsp3) is 0.381. The van der Waals surface area contributed by atoms with Crippen LogP contribution in [0.15, 0.2) is 34.1 Å². The van der Waals surface area contributed by atoms with Gasteiger partial charge in [-0.2, -0.15) is 4.52 Å². The maximum absolute atomic E-state index is 13.0. The molecule has 0 aliphatic rings. The van der Waals surface area contributed by atoms with E-state index in [4.69, 9.17) is 9.98 Å². The number of aromatic amines is 1. The van der Waals surface area contributed by atoms with Crippen molar-refractivity contribution in [1.82, 2.24) is 14.6 Å². The molecule has 6 heteroatoms. The van der Waals surface area contributed by atoms with E-state index < -0.39 is 0 Å². The number of benzene rings is 1. The summed E-state index contributed by atoms with van der Waals surface area (Å²) in [5.41, 5.74) is 3.91. The molecule has 6 nitrogen and oxygen atoms in total. The molecule has 0 radical (unpaired) electrons. The van der Waals surface area contributed by atoms with E-state index in [0.29, 0.717) is 16.4 Å². The second-order valence-corrected chi connectivity index (χ2v) is 7.65. The Hall–Kier alpha value is -2.89. The van der Waals surface area contributed by atoms with Gasteiger partial charge in [0.1, 0.15) is 5.36 Å². The summed E-state index contributed by atoms with van der Waals surface area (Å²) in [7, 11) is 3.99. The zero-order valence-electron chi connectivity index (χ0n) is 16.9. The number of rotatable bonds is 4. The highest BCUT2D eigenvalue weighted by Crippen LogP contribution is 2.21. The third kappa shape index (κ3) is 3.39. The molecule has 0 fully saturated rings. The summed E-state index contributed by atoms with van der Waals surface area (Å²) in [5, 5.41) is 4.21. The number of fused-ring (bicyclic) bond motifs is 1. The van der Waals surface area contributed by atoms with Gasteiger partial charge >= 0.3 is 0 Å². The highest BCUT2D eigenvalue weighted by molar-refractivity contribution is 5.52. The second-order valence-electron chi connectivity index (χ2n) is 7.65. The van der Waals surface area contributed by atoms with E-state index in [9.17, 15) is 4.79 Å². The Morgan fingerprint density at radius 2 is 1.74 bits per heavy atom. The van der Waals surface area contributed by atoms with Gasteiger partial charge in [-0.1, -0.05) is 34.3 Å².